The van der Waals surface area contributed by atoms with E-state index >= 15 is 0 Å². The van der Waals surface area contributed by atoms with Gasteiger partial charge in [-0.05, 0) is 49.2 Å². The van der Waals surface area contributed by atoms with Gasteiger partial charge in [0.15, 0.2) is 0 Å². The summed E-state index contributed by atoms with van der Waals surface area (Å²) < 4.78 is 76.2. The molecule has 2 aromatic rings. The molecule has 0 spiro atoms. The third-order valence-electron chi connectivity index (χ3n) is 4.72. The monoisotopic (exact) mass is 488 g/mol. The minimum absolute atomic E-state index is 0.0259. The summed E-state index contributed by atoms with van der Waals surface area (Å²) in [4.78, 5) is 12.3. The molecule has 12 heteroatoms. The molecule has 0 aliphatic heterocycles. The number of rotatable bonds is 10. The molecule has 0 aromatic heterocycles. The second-order valence-corrected chi connectivity index (χ2v) is 9.14. The molecule has 8 nitrogen and oxygen atoms in total. The fourth-order valence-corrected chi connectivity index (χ4v) is 4.34. The van der Waals surface area contributed by atoms with Crippen molar-refractivity contribution >= 4 is 15.9 Å². The smallest absolute Gasteiger partial charge is 0.416 e. The van der Waals surface area contributed by atoms with Gasteiger partial charge in [-0.2, -0.15) is 13.2 Å². The molecule has 0 saturated heterocycles. The molecule has 1 unspecified atom stereocenters. The van der Waals surface area contributed by atoms with E-state index in [1.54, 1.807) is 0 Å². The van der Waals surface area contributed by atoms with E-state index in [1.165, 1.54) is 37.4 Å². The Morgan fingerprint density at radius 3 is 2.58 bits per heavy atom. The molecular weight excluding hydrogens is 465 g/mol. The number of methoxy groups -OCH3 is 1. The van der Waals surface area contributed by atoms with E-state index in [9.17, 15) is 31.5 Å². The van der Waals surface area contributed by atoms with Gasteiger partial charge < -0.3 is 19.9 Å². The highest BCUT2D eigenvalue weighted by Crippen LogP contribution is 2.31. The molecule has 1 amide bonds. The number of sulfonamides is 1. The number of halogens is 3. The first-order chi connectivity index (χ1) is 15.5. The van der Waals surface area contributed by atoms with Crippen LogP contribution in [-0.4, -0.2) is 51.8 Å². The summed E-state index contributed by atoms with van der Waals surface area (Å²) in [5.41, 5.74) is -0.859. The van der Waals surface area contributed by atoms with E-state index in [0.29, 0.717) is 0 Å². The number of benzene rings is 2. The maximum atomic E-state index is 12.8. The van der Waals surface area contributed by atoms with E-state index < -0.39 is 33.8 Å². The lowest BCUT2D eigenvalue weighted by atomic mass is 10.2. The zero-order valence-corrected chi connectivity index (χ0v) is 18.4. The highest BCUT2D eigenvalue weighted by Gasteiger charge is 2.31. The van der Waals surface area contributed by atoms with E-state index in [1.807, 2.05) is 0 Å². The average Bonchev–Trinajstić information content (AvgIpc) is 3.58. The Morgan fingerprint density at radius 2 is 1.94 bits per heavy atom. The molecule has 0 heterocycles. The number of carbonyl (C=O) groups is 1. The van der Waals surface area contributed by atoms with Gasteiger partial charge in [0.25, 0.3) is 5.91 Å². The fourth-order valence-electron chi connectivity index (χ4n) is 2.84. The maximum absolute atomic E-state index is 12.8. The molecule has 1 fully saturated rings. The number of alkyl halides is 3. The average molecular weight is 488 g/mol. The van der Waals surface area contributed by atoms with Crippen molar-refractivity contribution in [1.82, 2.24) is 10.0 Å². The van der Waals surface area contributed by atoms with Crippen LogP contribution in [0.4, 0.5) is 13.2 Å². The van der Waals surface area contributed by atoms with Crippen molar-refractivity contribution in [1.29, 1.82) is 0 Å². The van der Waals surface area contributed by atoms with Crippen LogP contribution in [0.3, 0.4) is 0 Å². The highest BCUT2D eigenvalue weighted by atomic mass is 32.2. The molecule has 1 saturated carbocycles. The number of carbonyl (C=O) groups excluding carboxylic acids is 1. The van der Waals surface area contributed by atoms with Gasteiger partial charge in [0.05, 0.1) is 12.7 Å². The van der Waals surface area contributed by atoms with E-state index in [0.717, 1.165) is 25.0 Å². The van der Waals surface area contributed by atoms with Gasteiger partial charge >= 0.3 is 6.18 Å². The van der Waals surface area contributed by atoms with Crippen molar-refractivity contribution in [3.8, 4) is 11.5 Å². The van der Waals surface area contributed by atoms with Crippen molar-refractivity contribution in [3.63, 3.8) is 0 Å². The molecule has 2 aromatic carbocycles. The normalized spacial score (nSPS) is 15.1. The number of hydrogen-bond donors (Lipinski definition) is 3. The van der Waals surface area contributed by atoms with Gasteiger partial charge in [-0.25, -0.2) is 13.1 Å². The lowest BCUT2D eigenvalue weighted by molar-refractivity contribution is -0.137. The minimum atomic E-state index is -4.52. The van der Waals surface area contributed by atoms with Gasteiger partial charge in [-0.3, -0.25) is 4.79 Å². The maximum Gasteiger partial charge on any atom is 0.416 e. The molecule has 180 valence electrons. The largest absolute Gasteiger partial charge is 0.495 e. The Kier molecular flexibility index (Phi) is 7.50. The van der Waals surface area contributed by atoms with Gasteiger partial charge in [0.1, 0.15) is 29.1 Å². The quantitative estimate of drug-likeness (QED) is 0.473. The summed E-state index contributed by atoms with van der Waals surface area (Å²) in [5, 5.41) is 12.5. The second kappa shape index (κ2) is 9.98. The van der Waals surface area contributed by atoms with Crippen LogP contribution >= 0.6 is 0 Å². The Balaban J connectivity index is 1.58. The summed E-state index contributed by atoms with van der Waals surface area (Å²) in [7, 11) is -2.57. The van der Waals surface area contributed by atoms with Crippen molar-refractivity contribution < 1.29 is 41.0 Å². The number of hydrogen-bond acceptors (Lipinski definition) is 6. The van der Waals surface area contributed by atoms with Crippen molar-refractivity contribution in [2.75, 3.05) is 20.3 Å². The standard InChI is InChI=1S/C21H23F3N2O6S/c1-31-18-8-5-13(9-19(18)33(29,30)26-15-6-7-15)20(28)25-11-16(27)12-32-17-4-2-3-14(10-17)21(22,23)24/h2-5,8-10,15-16,26-27H,6-7,11-12H2,1H3,(H,25,28). The van der Waals surface area contributed by atoms with Crippen molar-refractivity contribution in [3.05, 3.63) is 53.6 Å². The number of ether oxygens (including phenoxy) is 2. The van der Waals surface area contributed by atoms with Crippen LogP contribution < -0.4 is 19.5 Å². The van der Waals surface area contributed by atoms with Crippen LogP contribution in [-0.2, 0) is 16.2 Å². The van der Waals surface area contributed by atoms with Gasteiger partial charge in [-0.1, -0.05) is 6.07 Å². The van der Waals surface area contributed by atoms with Gasteiger partial charge in [0, 0.05) is 18.2 Å². The molecule has 3 rings (SSSR count). The topological polar surface area (TPSA) is 114 Å². The molecule has 0 radical (unpaired) electrons. The van der Waals surface area contributed by atoms with Crippen LogP contribution in [0.1, 0.15) is 28.8 Å². The number of aliphatic hydroxyl groups is 1. The zero-order chi connectivity index (χ0) is 24.2. The summed E-state index contributed by atoms with van der Waals surface area (Å²) >= 11 is 0. The summed E-state index contributed by atoms with van der Waals surface area (Å²) in [6.07, 6.45) is -4.27. The Hall–Kier alpha value is -2.83. The first-order valence-corrected chi connectivity index (χ1v) is 11.4. The van der Waals surface area contributed by atoms with Crippen molar-refractivity contribution in [2.24, 2.45) is 0 Å². The molecular formula is C21H23F3N2O6S. The highest BCUT2D eigenvalue weighted by molar-refractivity contribution is 7.89. The zero-order valence-electron chi connectivity index (χ0n) is 17.6. The van der Waals surface area contributed by atoms with Crippen LogP contribution in [0.2, 0.25) is 0 Å². The number of nitrogens with one attached hydrogen (secondary N) is 2. The second-order valence-electron chi connectivity index (χ2n) is 7.46. The van der Waals surface area contributed by atoms with Crippen LogP contribution in [0.25, 0.3) is 0 Å². The SMILES string of the molecule is COc1ccc(C(=O)NCC(O)COc2cccc(C(F)(F)F)c2)cc1S(=O)(=O)NC1CC1. The minimum Gasteiger partial charge on any atom is -0.495 e. The Bertz CT molecular complexity index is 1100. The fraction of sp³-hybridized carbons (Fsp3) is 0.381. The molecule has 1 atom stereocenters. The molecule has 3 N–H and O–H groups in total. The molecule has 1 aliphatic rings. The van der Waals surface area contributed by atoms with Crippen LogP contribution in [0.5, 0.6) is 11.5 Å². The number of amides is 1. The predicted molar refractivity (Wildman–Crippen MR) is 112 cm³/mol. The van der Waals surface area contributed by atoms with E-state index in [-0.39, 0.29) is 41.2 Å². The number of aliphatic hydroxyl groups excluding tert-OH is 1. The third-order valence-corrected chi connectivity index (χ3v) is 6.26. The van der Waals surface area contributed by atoms with Gasteiger partial charge in [-0.15, -0.1) is 0 Å². The Morgan fingerprint density at radius 1 is 1.21 bits per heavy atom. The lowest BCUT2D eigenvalue weighted by Gasteiger charge is -2.15. The third kappa shape index (κ3) is 6.83. The van der Waals surface area contributed by atoms with Crippen LogP contribution in [0, 0.1) is 0 Å². The lowest BCUT2D eigenvalue weighted by Crippen LogP contribution is -2.35. The molecule has 1 aliphatic carbocycles. The molecule has 0 bridgehead atoms. The first kappa shape index (κ1) is 24.8. The predicted octanol–water partition coefficient (Wildman–Crippen LogP) is 2.32. The van der Waals surface area contributed by atoms with Crippen LogP contribution in [0.15, 0.2) is 47.4 Å². The Labute approximate surface area is 188 Å². The molecule has 33 heavy (non-hydrogen) atoms. The van der Waals surface area contributed by atoms with E-state index in [4.69, 9.17) is 9.47 Å². The first-order valence-electron chi connectivity index (χ1n) is 9.96. The van der Waals surface area contributed by atoms with Gasteiger partial charge in [0.2, 0.25) is 10.0 Å². The summed E-state index contributed by atoms with van der Waals surface area (Å²) in [6.45, 7) is -0.638. The summed E-state index contributed by atoms with van der Waals surface area (Å²) in [6, 6.07) is 7.95. The summed E-state index contributed by atoms with van der Waals surface area (Å²) in [5.74, 6) is -0.656. The van der Waals surface area contributed by atoms with Crippen molar-refractivity contribution in [2.45, 2.75) is 36.1 Å². The van der Waals surface area contributed by atoms with E-state index in [2.05, 4.69) is 10.0 Å².